The molecule has 26 heavy (non-hydrogen) atoms. The van der Waals surface area contributed by atoms with E-state index in [2.05, 4.69) is 15.5 Å². The van der Waals surface area contributed by atoms with Crippen LogP contribution in [0.15, 0.2) is 4.52 Å². The fraction of sp³-hybridized carbons (Fsp3) is 0.778. The van der Waals surface area contributed by atoms with Crippen LogP contribution in [-0.4, -0.2) is 59.7 Å². The van der Waals surface area contributed by atoms with Crippen molar-refractivity contribution in [1.82, 2.24) is 20.4 Å². The molecule has 1 aliphatic heterocycles. The summed E-state index contributed by atoms with van der Waals surface area (Å²) in [5, 5.41) is 7.10. The largest absolute Gasteiger partial charge is 0.375 e. The normalized spacial score (nSPS) is 27.8. The van der Waals surface area contributed by atoms with Crippen LogP contribution in [0.2, 0.25) is 0 Å². The van der Waals surface area contributed by atoms with Gasteiger partial charge < -0.3 is 19.5 Å². The summed E-state index contributed by atoms with van der Waals surface area (Å²) in [5.74, 6) is 1.72. The second-order valence-corrected chi connectivity index (χ2v) is 8.01. The molecule has 1 aromatic rings. The minimum atomic E-state index is -0.388. The quantitative estimate of drug-likeness (QED) is 0.810. The molecular formula is C18H28N4O4. The molecule has 8 heteroatoms. The zero-order valence-electron chi connectivity index (χ0n) is 15.9. The molecule has 1 N–H and O–H groups in total. The first-order chi connectivity index (χ1) is 12.3. The van der Waals surface area contributed by atoms with E-state index in [0.29, 0.717) is 43.6 Å². The Balaban J connectivity index is 1.78. The van der Waals surface area contributed by atoms with Crippen molar-refractivity contribution >= 4 is 11.8 Å². The predicted molar refractivity (Wildman–Crippen MR) is 93.3 cm³/mol. The maximum atomic E-state index is 12.3. The van der Waals surface area contributed by atoms with Crippen molar-refractivity contribution in [3.8, 4) is 0 Å². The lowest BCUT2D eigenvalue weighted by Gasteiger charge is -2.25. The van der Waals surface area contributed by atoms with Gasteiger partial charge in [0.1, 0.15) is 6.61 Å². The first-order valence-electron chi connectivity index (χ1n) is 9.21. The fourth-order valence-electron chi connectivity index (χ4n) is 4.37. The van der Waals surface area contributed by atoms with E-state index in [4.69, 9.17) is 9.26 Å². The predicted octanol–water partition coefficient (Wildman–Crippen LogP) is 1.05. The van der Waals surface area contributed by atoms with Crippen molar-refractivity contribution in [2.24, 2.45) is 11.8 Å². The monoisotopic (exact) mass is 364 g/mol. The maximum absolute atomic E-state index is 12.3. The van der Waals surface area contributed by atoms with Gasteiger partial charge in [-0.05, 0) is 31.6 Å². The molecule has 2 aliphatic rings. The van der Waals surface area contributed by atoms with Gasteiger partial charge in [0.15, 0.2) is 5.82 Å². The first-order valence-corrected chi connectivity index (χ1v) is 9.21. The molecular weight excluding hydrogens is 336 g/mol. The van der Waals surface area contributed by atoms with Crippen LogP contribution >= 0.6 is 0 Å². The number of aromatic nitrogens is 2. The van der Waals surface area contributed by atoms with E-state index in [1.807, 2.05) is 18.7 Å². The Hall–Kier alpha value is -1.96. The number of fused-ring (bicyclic) bond motifs is 1. The van der Waals surface area contributed by atoms with Gasteiger partial charge in [0.2, 0.25) is 17.7 Å². The number of hydrogen-bond donors (Lipinski definition) is 1. The van der Waals surface area contributed by atoms with Gasteiger partial charge in [-0.1, -0.05) is 19.0 Å². The summed E-state index contributed by atoms with van der Waals surface area (Å²) < 4.78 is 10.5. The highest BCUT2D eigenvalue weighted by molar-refractivity contribution is 5.78. The summed E-state index contributed by atoms with van der Waals surface area (Å²) in [6.45, 7) is 7.08. The molecule has 1 saturated carbocycles. The van der Waals surface area contributed by atoms with E-state index in [1.165, 1.54) is 7.11 Å². The highest BCUT2D eigenvalue weighted by Crippen LogP contribution is 2.50. The number of ether oxygens (including phenoxy) is 1. The van der Waals surface area contributed by atoms with Gasteiger partial charge in [-0.25, -0.2) is 0 Å². The third-order valence-corrected chi connectivity index (χ3v) is 5.41. The number of likely N-dealkylation sites (tertiary alicyclic amines) is 1. The fourth-order valence-corrected chi connectivity index (χ4v) is 4.37. The van der Waals surface area contributed by atoms with Gasteiger partial charge in [0.05, 0.1) is 5.41 Å². The minimum Gasteiger partial charge on any atom is -0.375 e. The summed E-state index contributed by atoms with van der Waals surface area (Å²) in [4.78, 5) is 30.8. The van der Waals surface area contributed by atoms with Crippen LogP contribution in [0.4, 0.5) is 0 Å². The van der Waals surface area contributed by atoms with Gasteiger partial charge in [-0.15, -0.1) is 0 Å². The number of methoxy groups -OCH3 is 1. The first kappa shape index (κ1) is 18.8. The Kier molecular flexibility index (Phi) is 5.32. The lowest BCUT2D eigenvalue weighted by atomic mass is 9.80. The zero-order chi connectivity index (χ0) is 18.9. The topological polar surface area (TPSA) is 97.6 Å². The van der Waals surface area contributed by atoms with Gasteiger partial charge in [0.25, 0.3) is 0 Å². The van der Waals surface area contributed by atoms with Crippen molar-refractivity contribution in [3.63, 3.8) is 0 Å². The Morgan fingerprint density at radius 3 is 2.85 bits per heavy atom. The van der Waals surface area contributed by atoms with Crippen molar-refractivity contribution < 1.29 is 18.8 Å². The number of carbonyl (C=O) groups excluding carboxylic acids is 2. The highest BCUT2D eigenvalue weighted by atomic mass is 16.5. The summed E-state index contributed by atoms with van der Waals surface area (Å²) in [6.07, 6.45) is 2.04. The van der Waals surface area contributed by atoms with Crippen LogP contribution in [-0.2, 0) is 19.7 Å². The number of carbonyl (C=O) groups is 2. The molecule has 1 aliphatic carbocycles. The summed E-state index contributed by atoms with van der Waals surface area (Å²) in [6, 6.07) is 0.0677. The van der Waals surface area contributed by atoms with Gasteiger partial charge in [-0.2, -0.15) is 4.98 Å². The molecule has 3 atom stereocenters. The molecule has 1 aromatic heterocycles. The van der Waals surface area contributed by atoms with E-state index in [0.717, 1.165) is 6.42 Å². The molecule has 1 saturated heterocycles. The zero-order valence-corrected chi connectivity index (χ0v) is 15.9. The van der Waals surface area contributed by atoms with Crippen LogP contribution in [0.1, 0.15) is 44.8 Å². The molecule has 0 aromatic carbocycles. The van der Waals surface area contributed by atoms with E-state index in [1.54, 1.807) is 6.92 Å². The Labute approximate surface area is 153 Å². The molecule has 2 fully saturated rings. The second-order valence-electron chi connectivity index (χ2n) is 8.01. The lowest BCUT2D eigenvalue weighted by molar-refractivity contribution is -0.134. The summed E-state index contributed by atoms with van der Waals surface area (Å²) in [5.41, 5.74) is -0.388. The van der Waals surface area contributed by atoms with Crippen molar-refractivity contribution in [1.29, 1.82) is 0 Å². The van der Waals surface area contributed by atoms with Crippen LogP contribution < -0.4 is 5.32 Å². The maximum Gasteiger partial charge on any atom is 0.248 e. The van der Waals surface area contributed by atoms with Crippen LogP contribution in [0.3, 0.4) is 0 Å². The van der Waals surface area contributed by atoms with Crippen molar-refractivity contribution in [2.45, 2.75) is 51.5 Å². The molecule has 2 amide bonds. The van der Waals surface area contributed by atoms with E-state index < -0.39 is 0 Å². The van der Waals surface area contributed by atoms with Crippen LogP contribution in [0.5, 0.6) is 0 Å². The molecule has 3 rings (SSSR count). The smallest absolute Gasteiger partial charge is 0.248 e. The minimum absolute atomic E-state index is 0.0297. The van der Waals surface area contributed by atoms with Crippen molar-refractivity contribution in [2.75, 3.05) is 26.8 Å². The summed E-state index contributed by atoms with van der Waals surface area (Å²) >= 11 is 0. The molecule has 0 spiro atoms. The van der Waals surface area contributed by atoms with Gasteiger partial charge >= 0.3 is 0 Å². The van der Waals surface area contributed by atoms with E-state index >= 15 is 0 Å². The van der Waals surface area contributed by atoms with E-state index in [-0.39, 0.29) is 35.8 Å². The van der Waals surface area contributed by atoms with Crippen LogP contribution in [0, 0.1) is 18.8 Å². The Morgan fingerprint density at radius 2 is 2.23 bits per heavy atom. The molecule has 2 heterocycles. The molecule has 0 radical (unpaired) electrons. The molecule has 144 valence electrons. The van der Waals surface area contributed by atoms with Crippen LogP contribution in [0.25, 0.3) is 0 Å². The molecule has 0 bridgehead atoms. The van der Waals surface area contributed by atoms with E-state index in [9.17, 15) is 9.59 Å². The number of nitrogens with one attached hydrogen (secondary N) is 1. The highest BCUT2D eigenvalue weighted by Gasteiger charge is 2.58. The average Bonchev–Trinajstić information content (AvgIpc) is 3.19. The standard InChI is InChI=1S/C18H28N4O4/c1-11(2)5-15(23)20-14-6-13-8-22(16(24)9-25-4)10-18(13,7-14)17-19-12(3)21-26-17/h11,13-14H,5-10H2,1-4H3,(H,20,23)/t13-,14+,18-/m0/s1. The average molecular weight is 364 g/mol. The summed E-state index contributed by atoms with van der Waals surface area (Å²) in [7, 11) is 1.52. The number of hydrogen-bond acceptors (Lipinski definition) is 6. The number of amides is 2. The molecule has 0 unspecified atom stereocenters. The van der Waals surface area contributed by atoms with Gasteiger partial charge in [-0.3, -0.25) is 9.59 Å². The van der Waals surface area contributed by atoms with Crippen molar-refractivity contribution in [3.05, 3.63) is 11.7 Å². The number of aryl methyl sites for hydroxylation is 1. The van der Waals surface area contributed by atoms with Gasteiger partial charge in [0, 0.05) is 32.7 Å². The SMILES string of the molecule is COCC(=O)N1C[C@@H]2C[C@@H](NC(=O)CC(C)C)C[C@]2(c2nc(C)no2)C1. The third-order valence-electron chi connectivity index (χ3n) is 5.41. The Morgan fingerprint density at radius 1 is 1.46 bits per heavy atom. The lowest BCUT2D eigenvalue weighted by Crippen LogP contribution is -2.40. The Bertz CT molecular complexity index is 674. The molecule has 8 nitrogen and oxygen atoms in total. The second kappa shape index (κ2) is 7.34. The number of rotatable bonds is 6. The number of nitrogens with zero attached hydrogens (tertiary/aromatic N) is 3. The third kappa shape index (κ3) is 3.60.